The first kappa shape index (κ1) is 22.0. The summed E-state index contributed by atoms with van der Waals surface area (Å²) in [5, 5.41) is 0. The normalized spacial score (nSPS) is 30.1. The van der Waals surface area contributed by atoms with Crippen LogP contribution in [-0.2, 0) is 9.53 Å². The van der Waals surface area contributed by atoms with Crippen molar-refractivity contribution in [1.29, 1.82) is 0 Å². The lowest BCUT2D eigenvalue weighted by atomic mass is 9.94. The summed E-state index contributed by atoms with van der Waals surface area (Å²) in [7, 11) is 0. The molecule has 2 unspecified atom stereocenters. The maximum absolute atomic E-state index is 12.8. The summed E-state index contributed by atoms with van der Waals surface area (Å²) in [6.45, 7) is 19.0. The third-order valence-electron chi connectivity index (χ3n) is 7.08. The molecular formula is C23H43N3O2. The lowest BCUT2D eigenvalue weighted by Gasteiger charge is -2.42. The highest BCUT2D eigenvalue weighted by Crippen LogP contribution is 2.44. The molecule has 1 amide bonds. The van der Waals surface area contributed by atoms with Crippen LogP contribution in [0.3, 0.4) is 0 Å². The Hall–Kier alpha value is -0.650. The quantitative estimate of drug-likeness (QED) is 0.716. The fourth-order valence-electron chi connectivity index (χ4n) is 5.34. The zero-order valence-electron chi connectivity index (χ0n) is 19.2. The summed E-state index contributed by atoms with van der Waals surface area (Å²) in [6.07, 6.45) is 6.68. The molecule has 0 saturated carbocycles. The number of hydrogen-bond donors (Lipinski definition) is 0. The van der Waals surface area contributed by atoms with E-state index >= 15 is 0 Å². The molecule has 0 aliphatic carbocycles. The van der Waals surface area contributed by atoms with Gasteiger partial charge in [-0.3, -0.25) is 14.6 Å². The van der Waals surface area contributed by atoms with Crippen LogP contribution in [0, 0.1) is 0 Å². The van der Waals surface area contributed by atoms with E-state index in [2.05, 4.69) is 56.2 Å². The third kappa shape index (κ3) is 5.09. The van der Waals surface area contributed by atoms with Crippen molar-refractivity contribution in [1.82, 2.24) is 14.7 Å². The Balaban J connectivity index is 1.47. The Morgan fingerprint density at radius 1 is 1.00 bits per heavy atom. The summed E-state index contributed by atoms with van der Waals surface area (Å²) in [5.74, 6) is 0.358. The first-order valence-electron chi connectivity index (χ1n) is 11.4. The van der Waals surface area contributed by atoms with Gasteiger partial charge in [0.1, 0.15) is 0 Å². The fraction of sp³-hybridized carbons (Fsp3) is 0.957. The predicted molar refractivity (Wildman–Crippen MR) is 115 cm³/mol. The van der Waals surface area contributed by atoms with E-state index in [1.165, 1.54) is 32.2 Å². The molecule has 3 aliphatic heterocycles. The Kier molecular flexibility index (Phi) is 6.48. The van der Waals surface area contributed by atoms with Crippen molar-refractivity contribution < 1.29 is 9.53 Å². The molecule has 0 aromatic rings. The third-order valence-corrected chi connectivity index (χ3v) is 7.08. The predicted octanol–water partition coefficient (Wildman–Crippen LogP) is 3.52. The van der Waals surface area contributed by atoms with Gasteiger partial charge in [0, 0.05) is 49.7 Å². The standard InChI is InChI=1S/C23H43N3O2/c1-21(2,3)25-16-14-24(15-17-25)20(27)9-8-19-10-12-23(11-7-13-26(19)23)18-28-22(4,5)6/h19H,7-18H2,1-6H3. The zero-order valence-corrected chi connectivity index (χ0v) is 19.2. The molecule has 5 nitrogen and oxygen atoms in total. The van der Waals surface area contributed by atoms with Gasteiger partial charge in [-0.25, -0.2) is 0 Å². The minimum Gasteiger partial charge on any atom is -0.374 e. The molecule has 0 bridgehead atoms. The molecule has 0 aromatic heterocycles. The highest BCUT2D eigenvalue weighted by molar-refractivity contribution is 5.76. The van der Waals surface area contributed by atoms with Crippen LogP contribution in [-0.4, -0.2) is 82.7 Å². The zero-order chi connectivity index (χ0) is 20.6. The van der Waals surface area contributed by atoms with E-state index in [1.54, 1.807) is 0 Å². The Bertz CT molecular complexity index is 543. The molecule has 0 radical (unpaired) electrons. The van der Waals surface area contributed by atoms with Crippen LogP contribution in [0.15, 0.2) is 0 Å². The van der Waals surface area contributed by atoms with Crippen molar-refractivity contribution in [3.05, 3.63) is 0 Å². The van der Waals surface area contributed by atoms with Crippen LogP contribution in [0.4, 0.5) is 0 Å². The number of fused-ring (bicyclic) bond motifs is 1. The molecule has 3 saturated heterocycles. The van der Waals surface area contributed by atoms with E-state index in [0.29, 0.717) is 18.4 Å². The lowest BCUT2D eigenvalue weighted by Crippen LogP contribution is -2.54. The topological polar surface area (TPSA) is 36.0 Å². The Morgan fingerprint density at radius 2 is 1.68 bits per heavy atom. The minimum atomic E-state index is -0.0771. The van der Waals surface area contributed by atoms with Crippen LogP contribution >= 0.6 is 0 Å². The largest absolute Gasteiger partial charge is 0.374 e. The summed E-state index contributed by atoms with van der Waals surface area (Å²) >= 11 is 0. The first-order chi connectivity index (χ1) is 13.0. The van der Waals surface area contributed by atoms with Crippen molar-refractivity contribution in [3.63, 3.8) is 0 Å². The maximum atomic E-state index is 12.8. The van der Waals surface area contributed by atoms with Crippen LogP contribution in [0.5, 0.6) is 0 Å². The molecule has 3 rings (SSSR count). The summed E-state index contributed by atoms with van der Waals surface area (Å²) < 4.78 is 6.20. The lowest BCUT2D eigenvalue weighted by molar-refractivity contribution is -0.134. The smallest absolute Gasteiger partial charge is 0.222 e. The van der Waals surface area contributed by atoms with Crippen molar-refractivity contribution in [2.24, 2.45) is 0 Å². The van der Waals surface area contributed by atoms with Gasteiger partial charge in [0.25, 0.3) is 0 Å². The second-order valence-corrected chi connectivity index (χ2v) is 11.2. The van der Waals surface area contributed by atoms with Gasteiger partial charge in [-0.2, -0.15) is 0 Å². The van der Waals surface area contributed by atoms with Gasteiger partial charge in [-0.15, -0.1) is 0 Å². The molecule has 3 heterocycles. The van der Waals surface area contributed by atoms with Gasteiger partial charge < -0.3 is 9.64 Å². The second kappa shape index (κ2) is 8.23. The van der Waals surface area contributed by atoms with E-state index in [-0.39, 0.29) is 16.7 Å². The van der Waals surface area contributed by atoms with Crippen molar-refractivity contribution in [3.8, 4) is 0 Å². The molecule has 0 aromatic carbocycles. The number of amides is 1. The van der Waals surface area contributed by atoms with Gasteiger partial charge in [0.2, 0.25) is 5.91 Å². The van der Waals surface area contributed by atoms with E-state index in [4.69, 9.17) is 4.74 Å². The minimum absolute atomic E-state index is 0.0771. The number of carbonyl (C=O) groups is 1. The molecule has 162 valence electrons. The number of hydrogen-bond acceptors (Lipinski definition) is 4. The van der Waals surface area contributed by atoms with Gasteiger partial charge in [-0.05, 0) is 80.2 Å². The molecule has 3 fully saturated rings. The Labute approximate surface area is 172 Å². The van der Waals surface area contributed by atoms with E-state index < -0.39 is 0 Å². The number of piperazine rings is 1. The SMILES string of the molecule is CC(C)(C)OCC12CCCN1C(CCC(=O)N1CCN(C(C)(C)C)CC1)CC2. The molecule has 0 N–H and O–H groups in total. The number of nitrogens with zero attached hydrogens (tertiary/aromatic N) is 3. The Morgan fingerprint density at radius 3 is 2.29 bits per heavy atom. The summed E-state index contributed by atoms with van der Waals surface area (Å²) in [6, 6.07) is 0.561. The van der Waals surface area contributed by atoms with E-state index in [1.807, 2.05) is 0 Å². The average Bonchev–Trinajstić information content (AvgIpc) is 3.16. The highest BCUT2D eigenvalue weighted by atomic mass is 16.5. The van der Waals surface area contributed by atoms with Crippen molar-refractivity contribution in [2.75, 3.05) is 39.3 Å². The summed E-state index contributed by atoms with van der Waals surface area (Å²) in [4.78, 5) is 20.1. The van der Waals surface area contributed by atoms with Crippen molar-refractivity contribution >= 4 is 5.91 Å². The van der Waals surface area contributed by atoms with Crippen LogP contribution < -0.4 is 0 Å². The molecule has 3 aliphatic rings. The molecule has 5 heteroatoms. The van der Waals surface area contributed by atoms with Crippen LogP contribution in [0.25, 0.3) is 0 Å². The van der Waals surface area contributed by atoms with Gasteiger partial charge in [0.15, 0.2) is 0 Å². The average molecular weight is 394 g/mol. The van der Waals surface area contributed by atoms with Gasteiger partial charge in [0.05, 0.1) is 12.2 Å². The van der Waals surface area contributed by atoms with Gasteiger partial charge >= 0.3 is 0 Å². The van der Waals surface area contributed by atoms with Crippen LogP contribution in [0.2, 0.25) is 0 Å². The number of rotatable bonds is 5. The number of carbonyl (C=O) groups excluding carboxylic acids is 1. The summed E-state index contributed by atoms with van der Waals surface area (Å²) in [5.41, 5.74) is 0.360. The second-order valence-electron chi connectivity index (χ2n) is 11.2. The van der Waals surface area contributed by atoms with Gasteiger partial charge in [-0.1, -0.05) is 0 Å². The molecule has 2 atom stereocenters. The van der Waals surface area contributed by atoms with Crippen molar-refractivity contribution in [2.45, 2.75) is 103 Å². The maximum Gasteiger partial charge on any atom is 0.222 e. The van der Waals surface area contributed by atoms with E-state index in [9.17, 15) is 4.79 Å². The molecule has 28 heavy (non-hydrogen) atoms. The van der Waals surface area contributed by atoms with Crippen LogP contribution in [0.1, 0.15) is 80.1 Å². The highest BCUT2D eigenvalue weighted by Gasteiger charge is 2.49. The van der Waals surface area contributed by atoms with E-state index in [0.717, 1.165) is 39.2 Å². The fourth-order valence-corrected chi connectivity index (χ4v) is 5.34. The first-order valence-corrected chi connectivity index (χ1v) is 11.4. The molecular weight excluding hydrogens is 350 g/mol. The monoisotopic (exact) mass is 393 g/mol. The number of ether oxygens (including phenoxy) is 1. The molecule has 0 spiro atoms.